The summed E-state index contributed by atoms with van der Waals surface area (Å²) in [6.07, 6.45) is 3.46. The van der Waals surface area contributed by atoms with E-state index in [0.29, 0.717) is 0 Å². The highest BCUT2D eigenvalue weighted by molar-refractivity contribution is 6.43. The Morgan fingerprint density at radius 1 is 0.833 bits per heavy atom. The van der Waals surface area contributed by atoms with Crippen LogP contribution in [0.2, 0.25) is 0 Å². The van der Waals surface area contributed by atoms with Gasteiger partial charge in [0.2, 0.25) is 0 Å². The molecule has 0 unspecified atom stereocenters. The Hall–Kier alpha value is -1.31. The molecule has 0 aliphatic rings. The lowest BCUT2D eigenvalue weighted by Crippen LogP contribution is -2.14. The van der Waals surface area contributed by atoms with Crippen molar-refractivity contribution in [2.24, 2.45) is 0 Å². The molecule has 0 spiro atoms. The van der Waals surface area contributed by atoms with E-state index >= 15 is 0 Å². The monoisotopic (exact) mass is 154 g/mol. The van der Waals surface area contributed by atoms with Crippen LogP contribution in [-0.4, -0.2) is 25.7 Å². The van der Waals surface area contributed by atoms with Gasteiger partial charge < -0.3 is 0 Å². The second-order valence-corrected chi connectivity index (χ2v) is 2.95. The maximum Gasteiger partial charge on any atom is 0.142 e. The normalized spacial score (nSPS) is 10.3. The van der Waals surface area contributed by atoms with Gasteiger partial charge in [0.15, 0.2) is 0 Å². The van der Waals surface area contributed by atoms with E-state index in [-0.39, 0.29) is 0 Å². The molecule has 56 valence electrons. The third-order valence-electron chi connectivity index (χ3n) is 2.03. The van der Waals surface area contributed by atoms with E-state index < -0.39 is 0 Å². The summed E-state index contributed by atoms with van der Waals surface area (Å²) in [6.45, 7) is 0. The second-order valence-electron chi connectivity index (χ2n) is 2.95. The average Bonchev–Trinajstić information content (AvgIpc) is 2.12. The molecular formula is C8H8B2N2. The van der Waals surface area contributed by atoms with Crippen LogP contribution in [0.15, 0.2) is 24.5 Å². The van der Waals surface area contributed by atoms with Crippen molar-refractivity contribution in [3.8, 4) is 0 Å². The maximum absolute atomic E-state index is 4.28. The average molecular weight is 154 g/mol. The first-order valence-corrected chi connectivity index (χ1v) is 3.96. The molecule has 0 atom stereocenters. The Bertz CT molecular complexity index is 388. The standard InChI is InChI=1S/C8H8B2N2/c9-5-1-2-6(10)8-7(5)11-3-4-12-8/h1-4H,9-10H2. The smallest absolute Gasteiger partial charge is 0.142 e. The minimum atomic E-state index is 1.01. The molecule has 4 heteroatoms. The molecule has 0 bridgehead atoms. The molecule has 0 N–H and O–H groups in total. The lowest BCUT2D eigenvalue weighted by Gasteiger charge is -2.01. The molecule has 12 heavy (non-hydrogen) atoms. The fraction of sp³-hybridized carbons (Fsp3) is 0. The van der Waals surface area contributed by atoms with Crippen LogP contribution in [0.1, 0.15) is 0 Å². The summed E-state index contributed by atoms with van der Waals surface area (Å²) in [4.78, 5) is 8.56. The van der Waals surface area contributed by atoms with Crippen molar-refractivity contribution in [3.05, 3.63) is 24.5 Å². The van der Waals surface area contributed by atoms with E-state index in [1.807, 2.05) is 0 Å². The largest absolute Gasteiger partial charge is 0.254 e. The zero-order chi connectivity index (χ0) is 8.55. The number of fused-ring (bicyclic) bond motifs is 1. The second kappa shape index (κ2) is 2.63. The predicted octanol–water partition coefficient (Wildman–Crippen LogP) is -1.85. The minimum absolute atomic E-state index is 1.01. The van der Waals surface area contributed by atoms with E-state index in [4.69, 9.17) is 0 Å². The Balaban J connectivity index is 2.95. The van der Waals surface area contributed by atoms with Crippen molar-refractivity contribution >= 4 is 37.7 Å². The third-order valence-corrected chi connectivity index (χ3v) is 2.03. The summed E-state index contributed by atoms with van der Waals surface area (Å²) in [5, 5.41) is 0. The van der Waals surface area contributed by atoms with E-state index in [9.17, 15) is 0 Å². The fourth-order valence-electron chi connectivity index (χ4n) is 1.32. The highest BCUT2D eigenvalue weighted by Crippen LogP contribution is 1.99. The van der Waals surface area contributed by atoms with Crippen LogP contribution in [0.3, 0.4) is 0 Å². The number of hydrogen-bond donors (Lipinski definition) is 0. The molecule has 1 heterocycles. The lowest BCUT2D eigenvalue weighted by atomic mass is 9.87. The molecule has 1 aromatic heterocycles. The Morgan fingerprint density at radius 3 is 1.67 bits per heavy atom. The molecule has 2 nitrogen and oxygen atoms in total. The van der Waals surface area contributed by atoms with Crippen molar-refractivity contribution < 1.29 is 0 Å². The summed E-state index contributed by atoms with van der Waals surface area (Å²) in [7, 11) is 4.10. The zero-order valence-corrected chi connectivity index (χ0v) is 7.20. The highest BCUT2D eigenvalue weighted by atomic mass is 14.8. The fourth-order valence-corrected chi connectivity index (χ4v) is 1.32. The SMILES string of the molecule is Bc1ccc(B)c2nccnc12. The summed E-state index contributed by atoms with van der Waals surface area (Å²) in [5.41, 5.74) is 4.39. The first kappa shape index (κ1) is 7.34. The lowest BCUT2D eigenvalue weighted by molar-refractivity contribution is 1.31. The summed E-state index contributed by atoms with van der Waals surface area (Å²) >= 11 is 0. The van der Waals surface area contributed by atoms with Crippen LogP contribution in [0.5, 0.6) is 0 Å². The number of nitrogens with zero attached hydrogens (tertiary/aromatic N) is 2. The third kappa shape index (κ3) is 0.998. The molecule has 0 aliphatic heterocycles. The van der Waals surface area contributed by atoms with Crippen LogP contribution >= 0.6 is 0 Å². The molecular weight excluding hydrogens is 146 g/mol. The quantitative estimate of drug-likeness (QED) is 0.416. The molecule has 0 radical (unpaired) electrons. The highest BCUT2D eigenvalue weighted by Gasteiger charge is 2.00. The van der Waals surface area contributed by atoms with Gasteiger partial charge in [0.25, 0.3) is 0 Å². The van der Waals surface area contributed by atoms with Gasteiger partial charge in [-0.25, -0.2) is 0 Å². The molecule has 1 aromatic carbocycles. The maximum atomic E-state index is 4.28. The van der Waals surface area contributed by atoms with Crippen LogP contribution in [0.4, 0.5) is 0 Å². The van der Waals surface area contributed by atoms with Crippen molar-refractivity contribution in [1.82, 2.24) is 9.97 Å². The van der Waals surface area contributed by atoms with Crippen LogP contribution in [0.25, 0.3) is 11.0 Å². The Kier molecular flexibility index (Phi) is 1.61. The van der Waals surface area contributed by atoms with Gasteiger partial charge in [-0.1, -0.05) is 23.1 Å². The van der Waals surface area contributed by atoms with Crippen molar-refractivity contribution in [3.63, 3.8) is 0 Å². The number of hydrogen-bond acceptors (Lipinski definition) is 2. The number of rotatable bonds is 0. The van der Waals surface area contributed by atoms with E-state index in [0.717, 1.165) is 11.0 Å². The molecule has 0 fully saturated rings. The number of aromatic nitrogens is 2. The first-order valence-electron chi connectivity index (χ1n) is 3.96. The molecule has 2 rings (SSSR count). The van der Waals surface area contributed by atoms with Crippen molar-refractivity contribution in [2.45, 2.75) is 0 Å². The molecule has 2 aromatic rings. The summed E-state index contributed by atoms with van der Waals surface area (Å²) < 4.78 is 0. The zero-order valence-electron chi connectivity index (χ0n) is 7.20. The Labute approximate surface area is 72.9 Å². The molecule has 0 saturated heterocycles. The van der Waals surface area contributed by atoms with Gasteiger partial charge in [0, 0.05) is 12.4 Å². The Morgan fingerprint density at radius 2 is 1.25 bits per heavy atom. The van der Waals surface area contributed by atoms with E-state index in [2.05, 4.69) is 37.8 Å². The van der Waals surface area contributed by atoms with Gasteiger partial charge in [0.05, 0.1) is 11.0 Å². The summed E-state index contributed by atoms with van der Waals surface area (Å²) in [6, 6.07) is 4.15. The van der Waals surface area contributed by atoms with Gasteiger partial charge >= 0.3 is 0 Å². The molecule has 0 amide bonds. The number of benzene rings is 1. The van der Waals surface area contributed by atoms with Gasteiger partial charge in [-0.3, -0.25) is 9.97 Å². The van der Waals surface area contributed by atoms with Crippen molar-refractivity contribution in [2.75, 3.05) is 0 Å². The van der Waals surface area contributed by atoms with E-state index in [1.54, 1.807) is 12.4 Å². The molecule has 0 aliphatic carbocycles. The van der Waals surface area contributed by atoms with Crippen LogP contribution in [0, 0.1) is 0 Å². The summed E-state index contributed by atoms with van der Waals surface area (Å²) in [5.74, 6) is 0. The van der Waals surface area contributed by atoms with Gasteiger partial charge in [-0.15, -0.1) is 0 Å². The molecule has 0 saturated carbocycles. The minimum Gasteiger partial charge on any atom is -0.254 e. The van der Waals surface area contributed by atoms with Gasteiger partial charge in [-0.2, -0.15) is 0 Å². The van der Waals surface area contributed by atoms with E-state index in [1.165, 1.54) is 10.9 Å². The van der Waals surface area contributed by atoms with Gasteiger partial charge in [0.1, 0.15) is 15.7 Å². The first-order chi connectivity index (χ1) is 5.79. The van der Waals surface area contributed by atoms with Crippen LogP contribution < -0.4 is 10.9 Å². The van der Waals surface area contributed by atoms with Crippen LogP contribution in [-0.2, 0) is 0 Å². The topological polar surface area (TPSA) is 25.8 Å². The van der Waals surface area contributed by atoms with Gasteiger partial charge in [-0.05, 0) is 0 Å². The van der Waals surface area contributed by atoms with Crippen molar-refractivity contribution in [1.29, 1.82) is 0 Å². The predicted molar refractivity (Wildman–Crippen MR) is 55.9 cm³/mol.